The highest BCUT2D eigenvalue weighted by Gasteiger charge is 2.23. The predicted molar refractivity (Wildman–Crippen MR) is 117 cm³/mol. The molecule has 1 aliphatic rings. The molecule has 0 spiro atoms. The smallest absolute Gasteiger partial charge is 0.270 e. The molecule has 1 saturated heterocycles. The molecule has 29 heavy (non-hydrogen) atoms. The van der Waals surface area contributed by atoms with Gasteiger partial charge in [-0.25, -0.2) is 4.98 Å². The number of nitrogens with zero attached hydrogens (tertiary/aromatic N) is 2. The number of hydrogen-bond acceptors (Lipinski definition) is 6. The van der Waals surface area contributed by atoms with Gasteiger partial charge in [0.2, 0.25) is 5.91 Å². The second-order valence-corrected chi connectivity index (χ2v) is 8.76. The number of anilines is 1. The SMILES string of the molecule is O=C(CN1CCC(NC(=O)c2csc(-c3cccs3)n2)CC1)Nc1ccccc1. The van der Waals surface area contributed by atoms with Crippen LogP contribution < -0.4 is 10.6 Å². The Balaban J connectivity index is 1.22. The molecule has 0 atom stereocenters. The Labute approximate surface area is 177 Å². The van der Waals surface area contributed by atoms with Gasteiger partial charge in [0, 0.05) is 30.2 Å². The van der Waals surface area contributed by atoms with Crippen molar-refractivity contribution in [2.24, 2.45) is 0 Å². The Kier molecular flexibility index (Phi) is 6.33. The molecule has 3 aromatic rings. The summed E-state index contributed by atoms with van der Waals surface area (Å²) in [6.45, 7) is 1.93. The topological polar surface area (TPSA) is 74.3 Å². The molecule has 1 aromatic carbocycles. The van der Waals surface area contributed by atoms with Crippen LogP contribution in [0.25, 0.3) is 9.88 Å². The molecule has 2 amide bonds. The van der Waals surface area contributed by atoms with Crippen LogP contribution in [0.4, 0.5) is 5.69 Å². The molecule has 0 radical (unpaired) electrons. The number of nitrogens with one attached hydrogen (secondary N) is 2. The largest absolute Gasteiger partial charge is 0.348 e. The van der Waals surface area contributed by atoms with E-state index in [-0.39, 0.29) is 17.9 Å². The highest BCUT2D eigenvalue weighted by Crippen LogP contribution is 2.27. The number of hydrogen-bond donors (Lipinski definition) is 2. The third-order valence-electron chi connectivity index (χ3n) is 4.82. The highest BCUT2D eigenvalue weighted by molar-refractivity contribution is 7.20. The Morgan fingerprint density at radius 2 is 1.86 bits per heavy atom. The maximum absolute atomic E-state index is 12.5. The second-order valence-electron chi connectivity index (χ2n) is 6.95. The van der Waals surface area contributed by atoms with Gasteiger partial charge in [0.1, 0.15) is 10.7 Å². The number of carbonyl (C=O) groups is 2. The average Bonchev–Trinajstić information content (AvgIpc) is 3.42. The van der Waals surface area contributed by atoms with Crippen molar-refractivity contribution in [2.45, 2.75) is 18.9 Å². The fraction of sp³-hybridized carbons (Fsp3) is 0.286. The Bertz CT molecular complexity index is 948. The van der Waals surface area contributed by atoms with Crippen LogP contribution >= 0.6 is 22.7 Å². The van der Waals surface area contributed by atoms with E-state index in [0.29, 0.717) is 12.2 Å². The molecule has 0 bridgehead atoms. The zero-order chi connectivity index (χ0) is 20.1. The Morgan fingerprint density at radius 1 is 1.07 bits per heavy atom. The van der Waals surface area contributed by atoms with Crippen molar-refractivity contribution < 1.29 is 9.59 Å². The lowest BCUT2D eigenvalue weighted by atomic mass is 10.0. The van der Waals surface area contributed by atoms with E-state index >= 15 is 0 Å². The minimum Gasteiger partial charge on any atom is -0.348 e. The van der Waals surface area contributed by atoms with E-state index in [0.717, 1.165) is 41.5 Å². The Hall–Kier alpha value is -2.55. The van der Waals surface area contributed by atoms with E-state index < -0.39 is 0 Å². The van der Waals surface area contributed by atoms with E-state index in [9.17, 15) is 9.59 Å². The molecule has 150 valence electrons. The van der Waals surface area contributed by atoms with Gasteiger partial charge in [-0.1, -0.05) is 24.3 Å². The summed E-state index contributed by atoms with van der Waals surface area (Å²) in [5, 5.41) is 10.7. The van der Waals surface area contributed by atoms with Crippen molar-refractivity contribution in [3.63, 3.8) is 0 Å². The number of piperidine rings is 1. The van der Waals surface area contributed by atoms with Gasteiger partial charge in [0.05, 0.1) is 11.4 Å². The fourth-order valence-electron chi connectivity index (χ4n) is 3.31. The van der Waals surface area contributed by atoms with Crippen molar-refractivity contribution in [1.82, 2.24) is 15.2 Å². The zero-order valence-electron chi connectivity index (χ0n) is 15.8. The second kappa shape index (κ2) is 9.30. The summed E-state index contributed by atoms with van der Waals surface area (Å²) in [5.41, 5.74) is 1.29. The van der Waals surface area contributed by atoms with Gasteiger partial charge in [-0.05, 0) is 36.4 Å². The summed E-state index contributed by atoms with van der Waals surface area (Å²) in [5.74, 6) is -0.133. The first kappa shape index (κ1) is 19.8. The molecule has 4 rings (SSSR count). The number of carbonyl (C=O) groups excluding carboxylic acids is 2. The first-order chi connectivity index (χ1) is 14.2. The van der Waals surface area contributed by atoms with Crippen LogP contribution in [0.5, 0.6) is 0 Å². The minimum atomic E-state index is -0.121. The molecule has 0 saturated carbocycles. The number of amides is 2. The number of thiazole rings is 1. The normalized spacial score (nSPS) is 15.2. The molecule has 1 aliphatic heterocycles. The number of para-hydroxylation sites is 1. The lowest BCUT2D eigenvalue weighted by Crippen LogP contribution is -2.46. The third kappa shape index (κ3) is 5.29. The summed E-state index contributed by atoms with van der Waals surface area (Å²) < 4.78 is 0. The van der Waals surface area contributed by atoms with Crippen molar-refractivity contribution >= 4 is 40.2 Å². The summed E-state index contributed by atoms with van der Waals surface area (Å²) in [6.07, 6.45) is 1.65. The van der Waals surface area contributed by atoms with Gasteiger partial charge in [-0.3, -0.25) is 14.5 Å². The summed E-state index contributed by atoms with van der Waals surface area (Å²) in [7, 11) is 0. The van der Waals surface area contributed by atoms with E-state index in [4.69, 9.17) is 0 Å². The maximum atomic E-state index is 12.5. The molecule has 3 heterocycles. The maximum Gasteiger partial charge on any atom is 0.270 e. The van der Waals surface area contributed by atoms with Gasteiger partial charge in [0.25, 0.3) is 5.91 Å². The molecular formula is C21H22N4O2S2. The first-order valence-corrected chi connectivity index (χ1v) is 11.3. The lowest BCUT2D eigenvalue weighted by Gasteiger charge is -2.31. The summed E-state index contributed by atoms with van der Waals surface area (Å²) >= 11 is 3.11. The number of thiophene rings is 1. The molecule has 1 fully saturated rings. The van der Waals surface area contributed by atoms with Crippen LogP contribution in [0.2, 0.25) is 0 Å². The van der Waals surface area contributed by atoms with Crippen LogP contribution in [-0.4, -0.2) is 47.4 Å². The highest BCUT2D eigenvalue weighted by atomic mass is 32.1. The number of aromatic nitrogens is 1. The van der Waals surface area contributed by atoms with Crippen LogP contribution in [0.3, 0.4) is 0 Å². The summed E-state index contributed by atoms with van der Waals surface area (Å²) in [6, 6.07) is 13.6. The van der Waals surface area contributed by atoms with Gasteiger partial charge in [-0.2, -0.15) is 0 Å². The van der Waals surface area contributed by atoms with E-state index in [1.807, 2.05) is 53.2 Å². The molecule has 0 aliphatic carbocycles. The van der Waals surface area contributed by atoms with Crippen LogP contribution in [0.1, 0.15) is 23.3 Å². The molecule has 8 heteroatoms. The van der Waals surface area contributed by atoms with Crippen molar-refractivity contribution in [3.05, 3.63) is 58.9 Å². The quantitative estimate of drug-likeness (QED) is 0.630. The minimum absolute atomic E-state index is 0.0118. The van der Waals surface area contributed by atoms with E-state index in [1.54, 1.807) is 11.3 Å². The fourth-order valence-corrected chi connectivity index (χ4v) is 4.93. The van der Waals surface area contributed by atoms with E-state index in [1.165, 1.54) is 11.3 Å². The monoisotopic (exact) mass is 426 g/mol. The molecule has 6 nitrogen and oxygen atoms in total. The molecule has 0 unspecified atom stereocenters. The van der Waals surface area contributed by atoms with Crippen LogP contribution in [0, 0.1) is 0 Å². The van der Waals surface area contributed by atoms with E-state index in [2.05, 4.69) is 20.5 Å². The van der Waals surface area contributed by atoms with Gasteiger partial charge < -0.3 is 10.6 Å². The lowest BCUT2D eigenvalue weighted by molar-refractivity contribution is -0.117. The zero-order valence-corrected chi connectivity index (χ0v) is 17.5. The number of rotatable bonds is 6. The molecule has 2 N–H and O–H groups in total. The standard InChI is InChI=1S/C21H22N4O2S2/c26-19(22-15-5-2-1-3-6-15)13-25-10-8-16(9-11-25)23-20(27)17-14-29-21(24-17)18-7-4-12-28-18/h1-7,12,14,16H,8-11,13H2,(H,22,26)(H,23,27). The first-order valence-electron chi connectivity index (χ1n) is 9.55. The van der Waals surface area contributed by atoms with Crippen molar-refractivity contribution in [3.8, 4) is 9.88 Å². The third-order valence-corrected chi connectivity index (χ3v) is 6.70. The van der Waals surface area contributed by atoms with Crippen LogP contribution in [0.15, 0.2) is 53.2 Å². The number of benzene rings is 1. The summed E-state index contributed by atoms with van der Waals surface area (Å²) in [4.78, 5) is 32.4. The van der Waals surface area contributed by atoms with Crippen molar-refractivity contribution in [2.75, 3.05) is 25.0 Å². The van der Waals surface area contributed by atoms with Crippen LogP contribution in [-0.2, 0) is 4.79 Å². The van der Waals surface area contributed by atoms with Gasteiger partial charge in [-0.15, -0.1) is 22.7 Å². The molecule has 2 aromatic heterocycles. The number of likely N-dealkylation sites (tertiary alicyclic amines) is 1. The Morgan fingerprint density at radius 3 is 2.59 bits per heavy atom. The average molecular weight is 427 g/mol. The van der Waals surface area contributed by atoms with Gasteiger partial charge >= 0.3 is 0 Å². The van der Waals surface area contributed by atoms with Gasteiger partial charge in [0.15, 0.2) is 0 Å². The van der Waals surface area contributed by atoms with Crippen molar-refractivity contribution in [1.29, 1.82) is 0 Å². The predicted octanol–water partition coefficient (Wildman–Crippen LogP) is 3.70. The molecular weight excluding hydrogens is 404 g/mol.